The number of ketones is 4. The number of nitrogens with two attached hydrogens (primary N) is 1. The number of carbonyl (C=O) groups excluding carboxylic acids is 5. The van der Waals surface area contributed by atoms with Crippen LogP contribution in [0.25, 0.3) is 11.3 Å². The molecular weight excluding hydrogens is 650 g/mol. The fraction of sp³-hybridized carbons (Fsp3) is 0.429. The molecule has 2 aromatic carbocycles. The summed E-state index contributed by atoms with van der Waals surface area (Å²) in [7, 11) is 2.90. The van der Waals surface area contributed by atoms with E-state index < -0.39 is 82.1 Å². The Bertz CT molecular complexity index is 1870. The molecule has 3 aromatic rings. The van der Waals surface area contributed by atoms with E-state index in [9.17, 15) is 39.3 Å². The standard InChI is InChI=1S/C35H39N5O8S/c1-6-40(7-2)17-10-8-16(9-11-17)20-14-49-34(38-20)37-19-13-12-18-15(3)21-23(28(42)22(18)27(19)41)31(45)35(48)25(29(21)43)26(39(4)5)30(44)24(32(35)46)33(36)47/h8-15,21,23-26,29,41,43,48H,6-7H2,1-5H3,(H2,36,47)(H,37,38)/t15-,21+,23?,24?,25+,26-,29-,35-/m1/s1. The molecule has 13 nitrogen and oxygen atoms in total. The van der Waals surface area contributed by atoms with Crippen LogP contribution in [0.4, 0.5) is 16.5 Å². The van der Waals surface area contributed by atoms with E-state index in [0.29, 0.717) is 16.4 Å². The van der Waals surface area contributed by atoms with Crippen LogP contribution in [0.5, 0.6) is 5.75 Å². The van der Waals surface area contributed by atoms with E-state index in [1.165, 1.54) is 30.3 Å². The minimum atomic E-state index is -3.05. The number of fused-ring (bicyclic) bond motifs is 3. The van der Waals surface area contributed by atoms with Crippen molar-refractivity contribution in [1.82, 2.24) is 9.88 Å². The molecule has 0 bridgehead atoms. The summed E-state index contributed by atoms with van der Waals surface area (Å²) >= 11 is 1.29. The van der Waals surface area contributed by atoms with Crippen LogP contribution in [0.3, 0.4) is 0 Å². The van der Waals surface area contributed by atoms with E-state index >= 15 is 0 Å². The molecule has 0 aliphatic heterocycles. The number of benzene rings is 2. The second-order valence-corrected chi connectivity index (χ2v) is 14.0. The zero-order valence-corrected chi connectivity index (χ0v) is 28.5. The molecule has 258 valence electrons. The summed E-state index contributed by atoms with van der Waals surface area (Å²) < 4.78 is 0. The third-order valence-corrected chi connectivity index (χ3v) is 11.3. The number of aliphatic hydroxyl groups is 2. The van der Waals surface area contributed by atoms with Gasteiger partial charge in [0.2, 0.25) is 5.91 Å². The number of aromatic hydroxyl groups is 1. The number of rotatable bonds is 8. The predicted octanol–water partition coefficient (Wildman–Crippen LogP) is 2.11. The third kappa shape index (κ3) is 5.07. The van der Waals surface area contributed by atoms with Crippen molar-refractivity contribution in [3.8, 4) is 17.0 Å². The molecular formula is C35H39N5O8S. The van der Waals surface area contributed by atoms with Crippen molar-refractivity contribution in [3.63, 3.8) is 0 Å². The molecule has 0 saturated heterocycles. The lowest BCUT2D eigenvalue weighted by Gasteiger charge is -2.56. The van der Waals surface area contributed by atoms with Crippen LogP contribution in [0.1, 0.15) is 42.6 Å². The molecule has 8 atom stereocenters. The molecule has 2 saturated carbocycles. The van der Waals surface area contributed by atoms with E-state index in [1.807, 2.05) is 29.6 Å². The van der Waals surface area contributed by atoms with Gasteiger partial charge >= 0.3 is 0 Å². The van der Waals surface area contributed by atoms with Crippen molar-refractivity contribution in [2.75, 3.05) is 37.4 Å². The van der Waals surface area contributed by atoms with E-state index in [0.717, 1.165) is 24.3 Å². The maximum absolute atomic E-state index is 14.2. The summed E-state index contributed by atoms with van der Waals surface area (Å²) in [5.74, 6) is -13.8. The van der Waals surface area contributed by atoms with Crippen molar-refractivity contribution in [2.45, 2.75) is 44.4 Å². The monoisotopic (exact) mass is 689 g/mol. The number of hydrogen-bond acceptors (Lipinski definition) is 13. The second kappa shape index (κ2) is 12.4. The Morgan fingerprint density at radius 3 is 2.29 bits per heavy atom. The quantitative estimate of drug-likeness (QED) is 0.171. The Morgan fingerprint density at radius 1 is 1.04 bits per heavy atom. The first-order valence-electron chi connectivity index (χ1n) is 16.1. The summed E-state index contributed by atoms with van der Waals surface area (Å²) in [5, 5.41) is 40.4. The van der Waals surface area contributed by atoms with Crippen LogP contribution in [-0.2, 0) is 19.2 Å². The Morgan fingerprint density at radius 2 is 1.69 bits per heavy atom. The number of nitrogens with one attached hydrogen (secondary N) is 1. The van der Waals surface area contributed by atoms with Gasteiger partial charge in [-0.25, -0.2) is 4.98 Å². The normalized spacial score (nSPS) is 29.3. The minimum Gasteiger partial charge on any atom is -0.505 e. The number of thiazole rings is 1. The molecule has 1 aromatic heterocycles. The van der Waals surface area contributed by atoms with Gasteiger partial charge < -0.3 is 31.3 Å². The number of phenolic OH excluding ortho intramolecular Hbond substituents is 1. The molecule has 2 unspecified atom stereocenters. The van der Waals surface area contributed by atoms with Crippen LogP contribution >= 0.6 is 11.3 Å². The fourth-order valence-corrected chi connectivity index (χ4v) is 8.83. The number of primary amides is 1. The van der Waals surface area contributed by atoms with Crippen molar-refractivity contribution >= 4 is 56.9 Å². The van der Waals surface area contributed by atoms with Gasteiger partial charge in [0.05, 0.1) is 40.9 Å². The third-order valence-electron chi connectivity index (χ3n) is 10.5. The predicted molar refractivity (Wildman–Crippen MR) is 182 cm³/mol. The van der Waals surface area contributed by atoms with E-state index in [4.69, 9.17) is 5.73 Å². The molecule has 2 fully saturated rings. The number of nitrogens with zero attached hydrogens (tertiary/aromatic N) is 3. The number of Topliss-reactive ketones (excluding diaryl/α,β-unsaturated/α-hetero) is 4. The van der Waals surface area contributed by atoms with E-state index in [-0.39, 0.29) is 11.3 Å². The summed E-state index contributed by atoms with van der Waals surface area (Å²) in [6.07, 6.45) is -1.69. The van der Waals surface area contributed by atoms with Crippen molar-refractivity contribution in [3.05, 3.63) is 52.9 Å². The summed E-state index contributed by atoms with van der Waals surface area (Å²) in [6, 6.07) is 9.77. The number of anilines is 3. The average molecular weight is 690 g/mol. The first-order chi connectivity index (χ1) is 23.2. The Kier molecular flexibility index (Phi) is 8.72. The van der Waals surface area contributed by atoms with Gasteiger partial charge in [0.15, 0.2) is 39.8 Å². The number of phenols is 1. The number of amides is 1. The zero-order valence-electron chi connectivity index (χ0n) is 27.7. The SMILES string of the molecule is CCN(CC)c1ccc(-c2csc(Nc3ccc4c(c3O)C(=O)C3C(=O)[C@@]5(O)C(=O)C(C(N)=O)C(=O)[C@H](N(C)C)[C@H]5[C@H](O)[C@H]3[C@@H]4C)n2)cc1. The van der Waals surface area contributed by atoms with Gasteiger partial charge in [-0.05, 0) is 57.6 Å². The molecule has 0 radical (unpaired) electrons. The molecule has 0 spiro atoms. The lowest BCUT2D eigenvalue weighted by Crippen LogP contribution is -2.77. The Balaban J connectivity index is 1.34. The van der Waals surface area contributed by atoms with Gasteiger partial charge in [0.25, 0.3) is 0 Å². The molecule has 49 heavy (non-hydrogen) atoms. The molecule has 3 aliphatic rings. The Hall–Kier alpha value is -4.50. The largest absolute Gasteiger partial charge is 0.505 e. The highest BCUT2D eigenvalue weighted by Gasteiger charge is 2.72. The topological polar surface area (TPSA) is 203 Å². The number of carbonyl (C=O) groups is 5. The highest BCUT2D eigenvalue weighted by Crippen LogP contribution is 2.55. The lowest BCUT2D eigenvalue weighted by atomic mass is 9.49. The first kappa shape index (κ1) is 34.4. The number of aliphatic hydroxyl groups excluding tert-OH is 1. The highest BCUT2D eigenvalue weighted by molar-refractivity contribution is 7.14. The van der Waals surface area contributed by atoms with Gasteiger partial charge in [0, 0.05) is 35.6 Å². The lowest BCUT2D eigenvalue weighted by molar-refractivity contribution is -0.196. The van der Waals surface area contributed by atoms with Gasteiger partial charge in [-0.15, -0.1) is 11.3 Å². The van der Waals surface area contributed by atoms with Crippen LogP contribution in [-0.4, -0.2) is 99.2 Å². The molecule has 6 N–H and O–H groups in total. The number of likely N-dealkylation sites (N-methyl/N-ethyl adjacent to an activating group) is 1. The van der Waals surface area contributed by atoms with Gasteiger partial charge in [-0.2, -0.15) is 0 Å². The molecule has 6 rings (SSSR count). The van der Waals surface area contributed by atoms with E-state index in [1.54, 1.807) is 19.1 Å². The van der Waals surface area contributed by atoms with Gasteiger partial charge in [-0.3, -0.25) is 28.9 Å². The summed E-state index contributed by atoms with van der Waals surface area (Å²) in [6.45, 7) is 7.62. The van der Waals surface area contributed by atoms with Crippen LogP contribution in [0, 0.1) is 23.7 Å². The molecule has 1 amide bonds. The van der Waals surface area contributed by atoms with Crippen LogP contribution < -0.4 is 16.0 Å². The second-order valence-electron chi connectivity index (χ2n) is 13.2. The van der Waals surface area contributed by atoms with Crippen LogP contribution in [0.2, 0.25) is 0 Å². The van der Waals surface area contributed by atoms with Gasteiger partial charge in [0.1, 0.15) is 5.75 Å². The first-order valence-corrected chi connectivity index (χ1v) is 17.0. The van der Waals surface area contributed by atoms with Crippen LogP contribution in [0.15, 0.2) is 41.8 Å². The Labute approximate surface area is 286 Å². The van der Waals surface area contributed by atoms with Gasteiger partial charge in [-0.1, -0.05) is 25.1 Å². The van der Waals surface area contributed by atoms with Crippen molar-refractivity contribution in [2.24, 2.45) is 29.4 Å². The summed E-state index contributed by atoms with van der Waals surface area (Å²) in [5.41, 5.74) is 5.31. The number of aromatic nitrogens is 1. The fourth-order valence-electron chi connectivity index (χ4n) is 8.10. The maximum atomic E-state index is 14.2. The zero-order chi connectivity index (χ0) is 35.7. The molecule has 1 heterocycles. The number of hydrogen-bond donors (Lipinski definition) is 5. The molecule has 3 aliphatic carbocycles. The smallest absolute Gasteiger partial charge is 0.235 e. The highest BCUT2D eigenvalue weighted by atomic mass is 32.1. The minimum absolute atomic E-state index is 0.136. The summed E-state index contributed by atoms with van der Waals surface area (Å²) in [4.78, 5) is 75.7. The maximum Gasteiger partial charge on any atom is 0.235 e. The van der Waals surface area contributed by atoms with Crippen molar-refractivity contribution in [1.29, 1.82) is 0 Å². The molecule has 14 heteroatoms. The van der Waals surface area contributed by atoms with Crippen molar-refractivity contribution < 1.29 is 39.3 Å². The van der Waals surface area contributed by atoms with E-state index in [2.05, 4.69) is 29.0 Å². The average Bonchev–Trinajstić information content (AvgIpc) is 3.53.